The summed E-state index contributed by atoms with van der Waals surface area (Å²) in [5, 5.41) is 7.08. The molecule has 5 nitrogen and oxygen atoms in total. The predicted molar refractivity (Wildman–Crippen MR) is 119 cm³/mol. The van der Waals surface area contributed by atoms with Gasteiger partial charge in [0.15, 0.2) is 0 Å². The Hall–Kier alpha value is -2.99. The molecule has 30 heavy (non-hydrogen) atoms. The fraction of sp³-hybridized carbons (Fsp3) is 0.208. The lowest BCUT2D eigenvalue weighted by molar-refractivity contribution is -0.0190. The number of methoxy groups -OCH3 is 2. The first kappa shape index (κ1) is 19.0. The van der Waals surface area contributed by atoms with E-state index in [1.165, 1.54) is 0 Å². The Morgan fingerprint density at radius 2 is 1.80 bits per heavy atom. The van der Waals surface area contributed by atoms with Crippen LogP contribution >= 0.6 is 15.9 Å². The van der Waals surface area contributed by atoms with Crippen molar-refractivity contribution in [2.24, 2.45) is 5.10 Å². The molecular formula is C24H21BrN2O3. The minimum Gasteiger partial charge on any atom is -0.497 e. The Kier molecular flexibility index (Phi) is 4.87. The number of para-hydroxylation sites is 1. The lowest BCUT2D eigenvalue weighted by Crippen LogP contribution is -2.33. The van der Waals surface area contributed by atoms with E-state index < -0.39 is 0 Å². The number of benzene rings is 3. The van der Waals surface area contributed by atoms with E-state index >= 15 is 0 Å². The molecule has 2 heterocycles. The number of hydrogen-bond donors (Lipinski definition) is 0. The molecule has 0 saturated carbocycles. The number of fused-ring (bicyclic) bond motifs is 3. The van der Waals surface area contributed by atoms with Crippen LogP contribution in [0.5, 0.6) is 17.2 Å². The monoisotopic (exact) mass is 464 g/mol. The molecule has 0 bridgehead atoms. The second-order valence-electron chi connectivity index (χ2n) is 7.28. The molecule has 0 aromatic heterocycles. The molecule has 0 spiro atoms. The summed E-state index contributed by atoms with van der Waals surface area (Å²) in [4.78, 5) is 0. The van der Waals surface area contributed by atoms with Gasteiger partial charge in [-0.1, -0.05) is 18.2 Å². The minimum atomic E-state index is -0.317. The van der Waals surface area contributed by atoms with Crippen LogP contribution in [-0.2, 0) is 0 Å². The summed E-state index contributed by atoms with van der Waals surface area (Å²) in [6, 6.07) is 22.4. The SMILES string of the molecule is COc1ccc(C2=NN3[C@H](C2)c2ccccc2O[C@H]3c2ccc(OC)c(Br)c2)cc1. The number of hydrazone groups is 1. The van der Waals surface area contributed by atoms with Crippen molar-refractivity contribution in [3.8, 4) is 17.2 Å². The van der Waals surface area contributed by atoms with Crippen LogP contribution in [0.4, 0.5) is 0 Å². The maximum atomic E-state index is 6.42. The van der Waals surface area contributed by atoms with Gasteiger partial charge in [-0.2, -0.15) is 5.10 Å². The number of nitrogens with zero attached hydrogens (tertiary/aromatic N) is 2. The molecule has 0 radical (unpaired) electrons. The fourth-order valence-corrected chi connectivity index (χ4v) is 4.61. The van der Waals surface area contributed by atoms with Gasteiger partial charge in [-0.3, -0.25) is 0 Å². The summed E-state index contributed by atoms with van der Waals surface area (Å²) in [7, 11) is 3.34. The predicted octanol–water partition coefficient (Wildman–Crippen LogP) is 5.71. The Labute approximate surface area is 184 Å². The summed E-state index contributed by atoms with van der Waals surface area (Å²) < 4.78 is 18.0. The van der Waals surface area contributed by atoms with Crippen LogP contribution in [0.1, 0.15) is 35.4 Å². The third-order valence-electron chi connectivity index (χ3n) is 5.58. The fourth-order valence-electron chi connectivity index (χ4n) is 4.05. The zero-order chi connectivity index (χ0) is 20.7. The van der Waals surface area contributed by atoms with Crippen LogP contribution < -0.4 is 14.2 Å². The highest BCUT2D eigenvalue weighted by atomic mass is 79.9. The van der Waals surface area contributed by atoms with Crippen molar-refractivity contribution < 1.29 is 14.2 Å². The van der Waals surface area contributed by atoms with Gasteiger partial charge in [0, 0.05) is 17.5 Å². The summed E-state index contributed by atoms with van der Waals surface area (Å²) in [6.45, 7) is 0. The van der Waals surface area contributed by atoms with E-state index in [2.05, 4.69) is 45.2 Å². The van der Waals surface area contributed by atoms with Crippen molar-refractivity contribution in [3.63, 3.8) is 0 Å². The van der Waals surface area contributed by atoms with Crippen molar-refractivity contribution in [2.75, 3.05) is 14.2 Å². The van der Waals surface area contributed by atoms with Gasteiger partial charge in [0.25, 0.3) is 0 Å². The van der Waals surface area contributed by atoms with Crippen LogP contribution in [0.2, 0.25) is 0 Å². The average molecular weight is 465 g/mol. The molecule has 5 rings (SSSR count). The summed E-state index contributed by atoms with van der Waals surface area (Å²) in [5.74, 6) is 2.53. The maximum absolute atomic E-state index is 6.42. The van der Waals surface area contributed by atoms with E-state index in [0.29, 0.717) is 0 Å². The van der Waals surface area contributed by atoms with E-state index in [4.69, 9.17) is 19.3 Å². The molecule has 6 heteroatoms. The molecule has 3 aromatic carbocycles. The smallest absolute Gasteiger partial charge is 0.213 e. The van der Waals surface area contributed by atoms with Crippen LogP contribution in [0.15, 0.2) is 76.3 Å². The Bertz CT molecular complexity index is 1110. The lowest BCUT2D eigenvalue weighted by Gasteiger charge is -2.38. The Morgan fingerprint density at radius 3 is 2.53 bits per heavy atom. The molecule has 0 fully saturated rings. The highest BCUT2D eigenvalue weighted by Crippen LogP contribution is 2.48. The molecular weight excluding hydrogens is 444 g/mol. The largest absolute Gasteiger partial charge is 0.497 e. The van der Waals surface area contributed by atoms with Crippen molar-refractivity contribution in [1.82, 2.24) is 5.01 Å². The van der Waals surface area contributed by atoms with Crippen molar-refractivity contribution >= 4 is 21.6 Å². The van der Waals surface area contributed by atoms with Crippen LogP contribution in [-0.4, -0.2) is 24.9 Å². The maximum Gasteiger partial charge on any atom is 0.213 e. The van der Waals surface area contributed by atoms with Gasteiger partial charge >= 0.3 is 0 Å². The van der Waals surface area contributed by atoms with Crippen molar-refractivity contribution in [1.29, 1.82) is 0 Å². The van der Waals surface area contributed by atoms with Gasteiger partial charge in [0.2, 0.25) is 6.23 Å². The zero-order valence-electron chi connectivity index (χ0n) is 16.7. The van der Waals surface area contributed by atoms with Crippen molar-refractivity contribution in [2.45, 2.75) is 18.7 Å². The average Bonchev–Trinajstić information content (AvgIpc) is 3.24. The molecule has 0 saturated heterocycles. The molecule has 0 aliphatic carbocycles. The van der Waals surface area contributed by atoms with E-state index in [-0.39, 0.29) is 12.3 Å². The van der Waals surface area contributed by atoms with Gasteiger partial charge in [0.05, 0.1) is 30.4 Å². The number of rotatable bonds is 4. The summed E-state index contributed by atoms with van der Waals surface area (Å²) >= 11 is 3.59. The normalized spacial score (nSPS) is 19.4. The summed E-state index contributed by atoms with van der Waals surface area (Å²) in [5.41, 5.74) is 4.31. The highest BCUT2D eigenvalue weighted by molar-refractivity contribution is 9.10. The van der Waals surface area contributed by atoms with Crippen LogP contribution in [0.25, 0.3) is 0 Å². The second kappa shape index (κ2) is 7.69. The lowest BCUT2D eigenvalue weighted by atomic mass is 9.96. The third-order valence-corrected chi connectivity index (χ3v) is 6.20. The van der Waals surface area contributed by atoms with Gasteiger partial charge < -0.3 is 14.2 Å². The zero-order valence-corrected chi connectivity index (χ0v) is 18.3. The number of ether oxygens (including phenoxy) is 3. The molecule has 0 unspecified atom stereocenters. The molecule has 3 aromatic rings. The van der Waals surface area contributed by atoms with Gasteiger partial charge in [-0.15, -0.1) is 0 Å². The third kappa shape index (κ3) is 3.21. The van der Waals surface area contributed by atoms with Crippen LogP contribution in [0.3, 0.4) is 0 Å². The van der Waals surface area contributed by atoms with Crippen LogP contribution in [0, 0.1) is 0 Å². The standard InChI is InChI=1S/C24H21BrN2O3/c1-28-17-10-7-15(8-11-17)20-14-21-18-5-3-4-6-22(18)30-24(27(21)26-20)16-9-12-23(29-2)19(25)13-16/h3-13,21,24H,14H2,1-2H3/t21-,24+/m1/s1. The first-order valence-electron chi connectivity index (χ1n) is 9.77. The highest BCUT2D eigenvalue weighted by Gasteiger charge is 2.40. The molecule has 0 N–H and O–H groups in total. The van der Waals surface area contributed by atoms with Gasteiger partial charge in [-0.25, -0.2) is 5.01 Å². The second-order valence-corrected chi connectivity index (χ2v) is 8.13. The molecule has 152 valence electrons. The topological polar surface area (TPSA) is 43.3 Å². The molecule has 0 amide bonds. The quantitative estimate of drug-likeness (QED) is 0.495. The molecule has 2 aliphatic rings. The first-order valence-corrected chi connectivity index (χ1v) is 10.6. The van der Waals surface area contributed by atoms with Crippen molar-refractivity contribution in [3.05, 3.63) is 87.9 Å². The van der Waals surface area contributed by atoms with Gasteiger partial charge in [-0.05, 0) is 70.0 Å². The Balaban J connectivity index is 1.56. The van der Waals surface area contributed by atoms with E-state index in [1.807, 2.05) is 42.5 Å². The Morgan fingerprint density at radius 1 is 1.00 bits per heavy atom. The van der Waals surface area contributed by atoms with E-state index in [0.717, 1.165) is 50.5 Å². The summed E-state index contributed by atoms with van der Waals surface area (Å²) in [6.07, 6.45) is 0.503. The number of hydrogen-bond acceptors (Lipinski definition) is 5. The minimum absolute atomic E-state index is 0.123. The van der Waals surface area contributed by atoms with E-state index in [1.54, 1.807) is 14.2 Å². The number of halogens is 1. The molecule has 2 atom stereocenters. The first-order chi connectivity index (χ1) is 14.7. The van der Waals surface area contributed by atoms with E-state index in [9.17, 15) is 0 Å². The van der Waals surface area contributed by atoms with Gasteiger partial charge in [0.1, 0.15) is 17.2 Å². The molecule has 2 aliphatic heterocycles.